The third kappa shape index (κ3) is 4.19. The van der Waals surface area contributed by atoms with Crippen molar-refractivity contribution in [3.63, 3.8) is 0 Å². The van der Waals surface area contributed by atoms with Crippen LogP contribution < -0.4 is 16.6 Å². The molecule has 0 spiro atoms. The molecule has 2 unspecified atom stereocenters. The van der Waals surface area contributed by atoms with Gasteiger partial charge in [0.1, 0.15) is 6.54 Å². The molecule has 0 radical (unpaired) electrons. The SMILES string of the molecule is CC1CC(C)CN(CCCNC(=O)Cn2c(=O)c3c(ncn3C)n(C)c2=O)C1. The van der Waals surface area contributed by atoms with Crippen molar-refractivity contribution in [3.05, 3.63) is 27.2 Å². The van der Waals surface area contributed by atoms with Crippen LogP contribution in [0.4, 0.5) is 0 Å². The number of amides is 1. The van der Waals surface area contributed by atoms with Crippen LogP contribution in [-0.2, 0) is 25.4 Å². The summed E-state index contributed by atoms with van der Waals surface area (Å²) >= 11 is 0. The summed E-state index contributed by atoms with van der Waals surface area (Å²) in [6.07, 6.45) is 3.61. The molecular formula is C19H30N6O3. The molecule has 1 saturated heterocycles. The van der Waals surface area contributed by atoms with Gasteiger partial charge in [0, 0.05) is 33.7 Å². The standard InChI is InChI=1S/C19H30N6O3/c1-13-8-14(2)10-24(9-13)7-5-6-20-15(26)11-25-18(27)16-17(21-12-22(16)3)23(4)19(25)28/h12-14H,5-11H2,1-4H3,(H,20,26). The summed E-state index contributed by atoms with van der Waals surface area (Å²) in [6.45, 7) is 7.95. The molecule has 9 nitrogen and oxygen atoms in total. The number of aromatic nitrogens is 4. The summed E-state index contributed by atoms with van der Waals surface area (Å²) in [4.78, 5) is 43.9. The van der Waals surface area contributed by atoms with Crippen molar-refractivity contribution >= 4 is 17.1 Å². The second kappa shape index (κ2) is 8.30. The molecule has 1 N–H and O–H groups in total. The van der Waals surface area contributed by atoms with E-state index in [0.29, 0.717) is 29.5 Å². The van der Waals surface area contributed by atoms with Gasteiger partial charge in [-0.3, -0.25) is 14.2 Å². The third-order valence-corrected chi connectivity index (χ3v) is 5.42. The maximum atomic E-state index is 12.6. The van der Waals surface area contributed by atoms with Crippen molar-refractivity contribution in [1.82, 2.24) is 28.9 Å². The molecular weight excluding hydrogens is 360 g/mol. The van der Waals surface area contributed by atoms with E-state index < -0.39 is 11.2 Å². The maximum Gasteiger partial charge on any atom is 0.332 e. The molecule has 3 rings (SSSR count). The molecule has 2 aromatic rings. The molecule has 1 amide bonds. The normalized spacial score (nSPS) is 20.6. The minimum atomic E-state index is -0.539. The molecule has 1 aliphatic heterocycles. The van der Waals surface area contributed by atoms with Crippen molar-refractivity contribution < 1.29 is 4.79 Å². The van der Waals surface area contributed by atoms with E-state index in [-0.39, 0.29) is 12.5 Å². The van der Waals surface area contributed by atoms with Crippen molar-refractivity contribution in [3.8, 4) is 0 Å². The number of rotatable bonds is 6. The summed E-state index contributed by atoms with van der Waals surface area (Å²) in [5.41, 5.74) is -0.408. The minimum absolute atomic E-state index is 0.287. The van der Waals surface area contributed by atoms with Crippen molar-refractivity contribution in [2.24, 2.45) is 25.9 Å². The predicted octanol–water partition coefficient (Wildman–Crippen LogP) is -0.0821. The topological polar surface area (TPSA) is 94.2 Å². The minimum Gasteiger partial charge on any atom is -0.354 e. The molecule has 0 aromatic carbocycles. The number of fused-ring (bicyclic) bond motifs is 1. The Morgan fingerprint density at radius 3 is 2.57 bits per heavy atom. The molecule has 2 atom stereocenters. The Morgan fingerprint density at radius 2 is 1.89 bits per heavy atom. The van der Waals surface area contributed by atoms with Gasteiger partial charge < -0.3 is 14.8 Å². The van der Waals surface area contributed by atoms with Crippen LogP contribution in [0.25, 0.3) is 11.2 Å². The lowest BCUT2D eigenvalue weighted by atomic mass is 9.92. The lowest BCUT2D eigenvalue weighted by Gasteiger charge is -2.34. The predicted molar refractivity (Wildman–Crippen MR) is 107 cm³/mol. The smallest absolute Gasteiger partial charge is 0.332 e. The molecule has 1 fully saturated rings. The number of carbonyl (C=O) groups excluding carboxylic acids is 1. The Bertz CT molecular complexity index is 962. The van der Waals surface area contributed by atoms with E-state index in [9.17, 15) is 14.4 Å². The molecule has 154 valence electrons. The zero-order valence-electron chi connectivity index (χ0n) is 17.1. The second-order valence-electron chi connectivity index (χ2n) is 8.17. The molecule has 1 aliphatic rings. The average molecular weight is 390 g/mol. The van der Waals surface area contributed by atoms with Gasteiger partial charge in [0.2, 0.25) is 5.91 Å². The van der Waals surface area contributed by atoms with E-state index in [1.54, 1.807) is 18.7 Å². The zero-order chi connectivity index (χ0) is 20.4. The first-order valence-electron chi connectivity index (χ1n) is 9.87. The Labute approximate surface area is 164 Å². The monoisotopic (exact) mass is 390 g/mol. The van der Waals surface area contributed by atoms with Gasteiger partial charge in [-0.25, -0.2) is 14.3 Å². The molecule has 0 saturated carbocycles. The van der Waals surface area contributed by atoms with E-state index in [1.165, 1.54) is 17.3 Å². The van der Waals surface area contributed by atoms with E-state index in [1.807, 2.05) is 0 Å². The van der Waals surface area contributed by atoms with Gasteiger partial charge in [0.05, 0.1) is 6.33 Å². The summed E-state index contributed by atoms with van der Waals surface area (Å²) in [6, 6.07) is 0. The van der Waals surface area contributed by atoms with Crippen LogP contribution >= 0.6 is 0 Å². The molecule has 2 aromatic heterocycles. The highest BCUT2D eigenvalue weighted by molar-refractivity contribution is 5.76. The molecule has 3 heterocycles. The fourth-order valence-corrected chi connectivity index (χ4v) is 4.24. The van der Waals surface area contributed by atoms with Crippen LogP contribution in [0.2, 0.25) is 0 Å². The maximum absolute atomic E-state index is 12.6. The van der Waals surface area contributed by atoms with Gasteiger partial charge in [0.15, 0.2) is 11.2 Å². The quantitative estimate of drug-likeness (QED) is 0.696. The number of nitrogens with zero attached hydrogens (tertiary/aromatic N) is 5. The van der Waals surface area contributed by atoms with Crippen LogP contribution in [0.5, 0.6) is 0 Å². The molecule has 28 heavy (non-hydrogen) atoms. The van der Waals surface area contributed by atoms with Gasteiger partial charge >= 0.3 is 5.69 Å². The Kier molecular flexibility index (Phi) is 6.02. The number of aryl methyl sites for hydroxylation is 2. The highest BCUT2D eigenvalue weighted by Crippen LogP contribution is 2.20. The van der Waals surface area contributed by atoms with E-state index in [0.717, 1.165) is 30.6 Å². The summed E-state index contributed by atoms with van der Waals surface area (Å²) in [7, 11) is 3.24. The molecule has 0 bridgehead atoms. The zero-order valence-corrected chi connectivity index (χ0v) is 17.1. The fraction of sp³-hybridized carbons (Fsp3) is 0.684. The highest BCUT2D eigenvalue weighted by Gasteiger charge is 2.21. The number of hydrogen-bond donors (Lipinski definition) is 1. The third-order valence-electron chi connectivity index (χ3n) is 5.42. The van der Waals surface area contributed by atoms with Gasteiger partial charge in [-0.1, -0.05) is 13.8 Å². The van der Waals surface area contributed by atoms with Crippen LogP contribution in [0, 0.1) is 11.8 Å². The van der Waals surface area contributed by atoms with Gasteiger partial charge in [0.25, 0.3) is 5.56 Å². The van der Waals surface area contributed by atoms with Crippen LogP contribution in [0.15, 0.2) is 15.9 Å². The van der Waals surface area contributed by atoms with Crippen molar-refractivity contribution in [2.75, 3.05) is 26.2 Å². The second-order valence-corrected chi connectivity index (χ2v) is 8.17. The van der Waals surface area contributed by atoms with Crippen LogP contribution in [0.1, 0.15) is 26.7 Å². The summed E-state index contributed by atoms with van der Waals surface area (Å²) in [5, 5.41) is 2.83. The van der Waals surface area contributed by atoms with Crippen molar-refractivity contribution in [2.45, 2.75) is 33.2 Å². The lowest BCUT2D eigenvalue weighted by Crippen LogP contribution is -2.44. The Hall–Kier alpha value is -2.42. The Morgan fingerprint density at radius 1 is 1.21 bits per heavy atom. The van der Waals surface area contributed by atoms with Crippen LogP contribution in [0.3, 0.4) is 0 Å². The first-order chi connectivity index (χ1) is 13.3. The number of likely N-dealkylation sites (tertiary alicyclic amines) is 1. The van der Waals surface area contributed by atoms with Crippen molar-refractivity contribution in [1.29, 1.82) is 0 Å². The number of imidazole rings is 1. The fourth-order valence-electron chi connectivity index (χ4n) is 4.24. The van der Waals surface area contributed by atoms with Gasteiger partial charge in [-0.05, 0) is 31.2 Å². The number of hydrogen-bond acceptors (Lipinski definition) is 5. The first kappa shape index (κ1) is 20.3. The lowest BCUT2D eigenvalue weighted by molar-refractivity contribution is -0.121. The van der Waals surface area contributed by atoms with E-state index in [2.05, 4.69) is 29.0 Å². The summed E-state index contributed by atoms with van der Waals surface area (Å²) in [5.74, 6) is 1.09. The van der Waals surface area contributed by atoms with Crippen LogP contribution in [-0.4, -0.2) is 55.7 Å². The highest BCUT2D eigenvalue weighted by atomic mass is 16.2. The number of carbonyl (C=O) groups is 1. The number of piperidine rings is 1. The van der Waals surface area contributed by atoms with E-state index >= 15 is 0 Å². The number of nitrogens with one attached hydrogen (secondary N) is 1. The average Bonchev–Trinajstić information content (AvgIpc) is 3.01. The van der Waals surface area contributed by atoms with Gasteiger partial charge in [-0.2, -0.15) is 0 Å². The summed E-state index contributed by atoms with van der Waals surface area (Å²) < 4.78 is 3.82. The van der Waals surface area contributed by atoms with E-state index in [4.69, 9.17) is 0 Å². The largest absolute Gasteiger partial charge is 0.354 e. The first-order valence-corrected chi connectivity index (χ1v) is 9.87. The molecule has 9 heteroatoms. The van der Waals surface area contributed by atoms with Gasteiger partial charge in [-0.15, -0.1) is 0 Å². The molecule has 0 aliphatic carbocycles. The Balaban J connectivity index is 1.58.